The molecule has 2 atom stereocenters. The van der Waals surface area contributed by atoms with Crippen LogP contribution in [-0.2, 0) is 4.79 Å². The van der Waals surface area contributed by atoms with Gasteiger partial charge in [-0.05, 0) is 30.2 Å². The number of carbonyl (C=O) groups is 2. The molecule has 0 bridgehead atoms. The number of benzene rings is 1. The second-order valence-electron chi connectivity index (χ2n) is 8.04. The van der Waals surface area contributed by atoms with Crippen LogP contribution in [0.15, 0.2) is 12.1 Å². The Labute approximate surface area is 163 Å². The van der Waals surface area contributed by atoms with E-state index in [2.05, 4.69) is 16.0 Å². The van der Waals surface area contributed by atoms with Crippen LogP contribution in [0.1, 0.15) is 37.3 Å². The Morgan fingerprint density at radius 3 is 2.50 bits per heavy atom. The first-order valence-corrected chi connectivity index (χ1v) is 9.33. The summed E-state index contributed by atoms with van der Waals surface area (Å²) < 4.78 is 54.7. The van der Waals surface area contributed by atoms with Gasteiger partial charge in [-0.15, -0.1) is 0 Å². The van der Waals surface area contributed by atoms with Crippen LogP contribution in [0.3, 0.4) is 0 Å². The molecule has 5 nitrogen and oxygen atoms in total. The van der Waals surface area contributed by atoms with E-state index in [1.807, 2.05) is 0 Å². The fourth-order valence-electron chi connectivity index (χ4n) is 4.72. The van der Waals surface area contributed by atoms with Crippen LogP contribution < -0.4 is 16.0 Å². The summed E-state index contributed by atoms with van der Waals surface area (Å²) in [4.78, 5) is 23.8. The molecular formula is C18H18ClF4N3O2. The molecule has 1 aromatic carbocycles. The predicted octanol–water partition coefficient (Wildman–Crippen LogP) is 3.28. The van der Waals surface area contributed by atoms with Gasteiger partial charge in [0.1, 0.15) is 22.7 Å². The Bertz CT molecular complexity index is 834. The normalized spacial score (nSPS) is 26.0. The third-order valence-corrected chi connectivity index (χ3v) is 6.26. The van der Waals surface area contributed by atoms with Crippen molar-refractivity contribution in [2.75, 3.05) is 6.54 Å². The Morgan fingerprint density at radius 2 is 1.93 bits per heavy atom. The van der Waals surface area contributed by atoms with Gasteiger partial charge in [0.15, 0.2) is 0 Å². The molecule has 2 saturated carbocycles. The fourth-order valence-corrected chi connectivity index (χ4v) is 4.89. The van der Waals surface area contributed by atoms with Crippen molar-refractivity contribution in [1.29, 1.82) is 0 Å². The first kappa shape index (κ1) is 19.3. The van der Waals surface area contributed by atoms with Crippen LogP contribution in [0.2, 0.25) is 5.02 Å². The number of halogens is 5. The molecular weight excluding hydrogens is 402 g/mol. The van der Waals surface area contributed by atoms with Crippen LogP contribution in [-0.4, -0.2) is 30.4 Å². The van der Waals surface area contributed by atoms with E-state index in [-0.39, 0.29) is 30.9 Å². The first-order valence-electron chi connectivity index (χ1n) is 8.95. The Kier molecular flexibility index (Phi) is 4.48. The van der Waals surface area contributed by atoms with Gasteiger partial charge in [0, 0.05) is 24.9 Å². The third kappa shape index (κ3) is 3.29. The smallest absolute Gasteiger partial charge is 0.315 e. The van der Waals surface area contributed by atoms with Gasteiger partial charge in [0.2, 0.25) is 11.8 Å². The number of nitrogens with one attached hydrogen (secondary N) is 3. The van der Waals surface area contributed by atoms with Crippen LogP contribution in [0.5, 0.6) is 0 Å². The molecule has 3 amide bonds. The number of amides is 3. The molecule has 10 heteroatoms. The largest absolute Gasteiger partial charge is 0.347 e. The highest BCUT2D eigenvalue weighted by atomic mass is 35.5. The number of urea groups is 1. The second kappa shape index (κ2) is 6.50. The van der Waals surface area contributed by atoms with E-state index in [0.717, 1.165) is 6.07 Å². The maximum Gasteiger partial charge on any atom is 0.315 e. The van der Waals surface area contributed by atoms with E-state index in [1.165, 1.54) is 6.07 Å². The lowest BCUT2D eigenvalue weighted by atomic mass is 9.48. The number of hydrogen-bond donors (Lipinski definition) is 3. The summed E-state index contributed by atoms with van der Waals surface area (Å²) in [7, 11) is 0. The molecule has 4 rings (SSSR count). The average molecular weight is 420 g/mol. The standard InChI is InChI=1S/C18H18ClF4N3O2/c19-12-10(20)2-1-9(13(12)21)14(26-15(27)11-5-24-16(28)25-11)8-3-17(4-8)6-18(22,23)7-17/h1-2,8,11,14H,3-7H2,(H,26,27)(H2,24,25,28)/t11-,14?/m0/s1. The van der Waals surface area contributed by atoms with Crippen molar-refractivity contribution in [2.45, 2.75) is 43.7 Å². The maximum atomic E-state index is 14.6. The second-order valence-corrected chi connectivity index (χ2v) is 8.41. The van der Waals surface area contributed by atoms with Crippen molar-refractivity contribution in [3.63, 3.8) is 0 Å². The molecule has 3 aliphatic rings. The molecule has 28 heavy (non-hydrogen) atoms. The molecule has 0 radical (unpaired) electrons. The van der Waals surface area contributed by atoms with Crippen LogP contribution in [0.25, 0.3) is 0 Å². The zero-order valence-corrected chi connectivity index (χ0v) is 15.4. The number of rotatable bonds is 4. The van der Waals surface area contributed by atoms with Crippen LogP contribution in [0.4, 0.5) is 22.4 Å². The fraction of sp³-hybridized carbons (Fsp3) is 0.556. The van der Waals surface area contributed by atoms with Crippen molar-refractivity contribution in [3.05, 3.63) is 34.4 Å². The summed E-state index contributed by atoms with van der Waals surface area (Å²) in [5, 5.41) is 6.89. The minimum atomic E-state index is -2.67. The lowest BCUT2D eigenvalue weighted by molar-refractivity contribution is -0.210. The molecule has 152 valence electrons. The first-order chi connectivity index (χ1) is 13.1. The summed E-state index contributed by atoms with van der Waals surface area (Å²) in [5.74, 6) is -5.41. The van der Waals surface area contributed by atoms with Gasteiger partial charge in [0.05, 0.1) is 6.04 Å². The molecule has 1 saturated heterocycles. The zero-order valence-electron chi connectivity index (χ0n) is 14.6. The molecule has 1 spiro atoms. The van der Waals surface area contributed by atoms with Crippen molar-refractivity contribution in [3.8, 4) is 0 Å². The Hall–Kier alpha value is -2.03. The molecule has 3 fully saturated rings. The summed E-state index contributed by atoms with van der Waals surface area (Å²) in [6.45, 7) is 0.0743. The van der Waals surface area contributed by atoms with Gasteiger partial charge in [-0.3, -0.25) is 4.79 Å². The zero-order chi connectivity index (χ0) is 20.3. The summed E-state index contributed by atoms with van der Waals surface area (Å²) in [6.07, 6.45) is 0.368. The van der Waals surface area contributed by atoms with E-state index < -0.39 is 52.0 Å². The lowest BCUT2D eigenvalue weighted by Crippen LogP contribution is -2.57. The molecule has 1 heterocycles. The molecule has 0 aromatic heterocycles. The van der Waals surface area contributed by atoms with Crippen molar-refractivity contribution >= 4 is 23.5 Å². The van der Waals surface area contributed by atoms with Crippen molar-refractivity contribution in [2.24, 2.45) is 11.3 Å². The van der Waals surface area contributed by atoms with Gasteiger partial charge in [0.25, 0.3) is 0 Å². The highest BCUT2D eigenvalue weighted by Gasteiger charge is 2.63. The Morgan fingerprint density at radius 1 is 1.25 bits per heavy atom. The number of alkyl halides is 2. The maximum absolute atomic E-state index is 14.6. The lowest BCUT2D eigenvalue weighted by Gasteiger charge is -2.59. The van der Waals surface area contributed by atoms with Gasteiger partial charge in [-0.2, -0.15) is 0 Å². The molecule has 3 N–H and O–H groups in total. The van der Waals surface area contributed by atoms with Gasteiger partial charge in [-0.25, -0.2) is 22.4 Å². The number of carbonyl (C=O) groups excluding carboxylic acids is 2. The van der Waals surface area contributed by atoms with Gasteiger partial charge in [-0.1, -0.05) is 17.7 Å². The monoisotopic (exact) mass is 419 g/mol. The molecule has 1 unspecified atom stereocenters. The van der Waals surface area contributed by atoms with Crippen molar-refractivity contribution < 1.29 is 27.2 Å². The SMILES string of the molecule is O=C1NC[C@@H](C(=O)NC(c2ccc(F)c(Cl)c2F)C2CC3(C2)CC(F)(F)C3)N1. The highest BCUT2D eigenvalue weighted by Crippen LogP contribution is 2.66. The highest BCUT2D eigenvalue weighted by molar-refractivity contribution is 6.31. The van der Waals surface area contributed by atoms with Crippen molar-refractivity contribution in [1.82, 2.24) is 16.0 Å². The summed E-state index contributed by atoms with van der Waals surface area (Å²) in [5.41, 5.74) is -0.483. The van der Waals surface area contributed by atoms with E-state index in [4.69, 9.17) is 11.6 Å². The predicted molar refractivity (Wildman–Crippen MR) is 91.9 cm³/mol. The van der Waals surface area contributed by atoms with E-state index in [1.54, 1.807) is 0 Å². The van der Waals surface area contributed by atoms with Gasteiger partial charge >= 0.3 is 6.03 Å². The van der Waals surface area contributed by atoms with E-state index >= 15 is 0 Å². The molecule has 2 aliphatic carbocycles. The molecule has 1 aromatic rings. The minimum Gasteiger partial charge on any atom is -0.347 e. The topological polar surface area (TPSA) is 70.2 Å². The van der Waals surface area contributed by atoms with E-state index in [9.17, 15) is 27.2 Å². The summed E-state index contributed by atoms with van der Waals surface area (Å²) in [6, 6.07) is 0.0175. The van der Waals surface area contributed by atoms with Crippen LogP contribution in [0, 0.1) is 23.0 Å². The number of hydrogen-bond acceptors (Lipinski definition) is 2. The van der Waals surface area contributed by atoms with Gasteiger partial charge < -0.3 is 16.0 Å². The average Bonchev–Trinajstić information content (AvgIpc) is 3.00. The molecule has 1 aliphatic heterocycles. The Balaban J connectivity index is 1.55. The van der Waals surface area contributed by atoms with Crippen LogP contribution >= 0.6 is 11.6 Å². The van der Waals surface area contributed by atoms with E-state index in [0.29, 0.717) is 12.8 Å². The minimum absolute atomic E-state index is 0.00275. The summed E-state index contributed by atoms with van der Waals surface area (Å²) >= 11 is 5.68. The quantitative estimate of drug-likeness (QED) is 0.518. The third-order valence-electron chi connectivity index (χ3n) is 5.92.